The van der Waals surface area contributed by atoms with E-state index in [-0.39, 0.29) is 43.9 Å². The summed E-state index contributed by atoms with van der Waals surface area (Å²) < 4.78 is 63.5. The average molecular weight is 848 g/mol. The number of aromatic hydroxyl groups is 1. The molecule has 4 atom stereocenters. The molecule has 0 radical (unpaired) electrons. The lowest BCUT2D eigenvalue weighted by Crippen LogP contribution is -2.58. The van der Waals surface area contributed by atoms with E-state index in [0.717, 1.165) is 0 Å². The van der Waals surface area contributed by atoms with Crippen molar-refractivity contribution >= 4 is 53.4 Å². The number of hydrogen-bond donors (Lipinski definition) is 12. The van der Waals surface area contributed by atoms with Gasteiger partial charge in [0.1, 0.15) is 29.9 Å². The van der Waals surface area contributed by atoms with Crippen molar-refractivity contribution in [3.05, 3.63) is 29.8 Å². The van der Waals surface area contributed by atoms with Gasteiger partial charge in [0.05, 0.1) is 13.0 Å². The topological polar surface area (TPSA) is 368 Å². The molecule has 1 saturated heterocycles. The zero-order valence-corrected chi connectivity index (χ0v) is 30.2. The Morgan fingerprint density at radius 3 is 1.60 bits per heavy atom. The van der Waals surface area contributed by atoms with Crippen molar-refractivity contribution in [3.8, 4) is 5.75 Å². The fourth-order valence-electron chi connectivity index (χ4n) is 4.35. The Kier molecular flexibility index (Phi) is 22.2. The predicted octanol–water partition coefficient (Wildman–Crippen LogP) is -2.07. The number of phenols is 1. The van der Waals surface area contributed by atoms with Crippen LogP contribution in [-0.4, -0.2) is 130 Å². The summed E-state index contributed by atoms with van der Waals surface area (Å²) in [5.74, 6) is -11.1. The van der Waals surface area contributed by atoms with Crippen LogP contribution >= 0.6 is 0 Å². The second-order valence-electron chi connectivity index (χ2n) is 11.8. The smallest absolute Gasteiger partial charge is 0.490 e. The third kappa shape index (κ3) is 22.2. The number of rotatable bonds is 12. The number of alkyl halides is 6. The molecule has 2 rings (SSSR count). The average Bonchev–Trinajstić information content (AvgIpc) is 3.10. The van der Waals surface area contributed by atoms with Crippen LogP contribution in [0.25, 0.3) is 0 Å². The van der Waals surface area contributed by atoms with E-state index in [1.165, 1.54) is 24.3 Å². The van der Waals surface area contributed by atoms with Crippen molar-refractivity contribution in [3.63, 3.8) is 0 Å². The quantitative estimate of drug-likeness (QED) is 0.0465. The maximum absolute atomic E-state index is 13.6. The monoisotopic (exact) mass is 847 g/mol. The number of carboxylic acids is 3. The lowest BCUT2D eigenvalue weighted by atomic mass is 10.0. The highest BCUT2D eigenvalue weighted by atomic mass is 19.4. The van der Waals surface area contributed by atoms with E-state index in [9.17, 15) is 65.3 Å². The molecule has 1 aliphatic heterocycles. The number of carbonyl (C=O) groups excluding carboxylic acids is 5. The molecule has 27 heteroatoms. The van der Waals surface area contributed by atoms with Gasteiger partial charge >= 0.3 is 30.3 Å². The number of amides is 5. The number of phenolic OH excluding ortho intramolecular Hbond substituents is 1. The molecule has 1 aromatic rings. The molecule has 0 spiro atoms. The molecule has 0 aliphatic carbocycles. The number of guanidine groups is 1. The van der Waals surface area contributed by atoms with Crippen molar-refractivity contribution in [2.24, 2.45) is 22.2 Å². The first-order valence-electron chi connectivity index (χ1n) is 16.6. The number of halogens is 6. The lowest BCUT2D eigenvalue weighted by molar-refractivity contribution is -0.193. The van der Waals surface area contributed by atoms with Gasteiger partial charge in [-0.1, -0.05) is 12.1 Å². The molecule has 1 aromatic carbocycles. The largest absolute Gasteiger partial charge is 0.508 e. The summed E-state index contributed by atoms with van der Waals surface area (Å²) in [4.78, 5) is 99.0. The fourth-order valence-corrected chi connectivity index (χ4v) is 4.35. The summed E-state index contributed by atoms with van der Waals surface area (Å²) >= 11 is 0. The van der Waals surface area contributed by atoms with Crippen LogP contribution in [0.3, 0.4) is 0 Å². The van der Waals surface area contributed by atoms with Gasteiger partial charge in [0.2, 0.25) is 29.5 Å². The van der Waals surface area contributed by atoms with Crippen molar-refractivity contribution < 1.29 is 85.1 Å². The molecule has 5 amide bonds. The Hall–Kier alpha value is -6.41. The molecular formula is C31H43F6N9O12. The maximum Gasteiger partial charge on any atom is 0.490 e. The number of benzene rings is 1. The number of carboxylic acid groups (broad SMARTS) is 3. The number of unbranched alkanes of at least 4 members (excludes halogenated alkanes) is 1. The van der Waals surface area contributed by atoms with Gasteiger partial charge in [0, 0.05) is 13.0 Å². The second kappa shape index (κ2) is 25.0. The molecule has 58 heavy (non-hydrogen) atoms. The van der Waals surface area contributed by atoms with Crippen LogP contribution in [0.4, 0.5) is 26.3 Å². The first-order valence-corrected chi connectivity index (χ1v) is 16.6. The Morgan fingerprint density at radius 2 is 1.14 bits per heavy atom. The molecule has 0 bridgehead atoms. The lowest BCUT2D eigenvalue weighted by Gasteiger charge is -2.26. The Morgan fingerprint density at radius 1 is 0.690 bits per heavy atom. The van der Waals surface area contributed by atoms with Gasteiger partial charge in [-0.2, -0.15) is 26.3 Å². The van der Waals surface area contributed by atoms with Crippen molar-refractivity contribution in [1.29, 1.82) is 0 Å². The zero-order chi connectivity index (χ0) is 44.8. The van der Waals surface area contributed by atoms with Crippen molar-refractivity contribution in [2.75, 3.05) is 19.6 Å². The normalized spacial score (nSPS) is 19.3. The van der Waals surface area contributed by atoms with E-state index < -0.39 is 96.9 Å². The third-order valence-electron chi connectivity index (χ3n) is 7.11. The maximum atomic E-state index is 13.6. The van der Waals surface area contributed by atoms with Crippen molar-refractivity contribution in [2.45, 2.75) is 81.5 Å². The van der Waals surface area contributed by atoms with E-state index in [4.69, 9.17) is 37.0 Å². The van der Waals surface area contributed by atoms with E-state index in [1.807, 2.05) is 0 Å². The fraction of sp³-hybridized carbons (Fsp3) is 0.516. The molecule has 0 saturated carbocycles. The minimum atomic E-state index is -5.08. The van der Waals surface area contributed by atoms with Crippen LogP contribution in [0.5, 0.6) is 5.75 Å². The van der Waals surface area contributed by atoms with E-state index >= 15 is 0 Å². The molecule has 1 heterocycles. The van der Waals surface area contributed by atoms with E-state index in [1.54, 1.807) is 0 Å². The molecular weight excluding hydrogens is 804 g/mol. The van der Waals surface area contributed by atoms with Gasteiger partial charge in [0.15, 0.2) is 5.96 Å². The molecule has 0 unspecified atom stereocenters. The molecule has 0 aromatic heterocycles. The number of carbonyl (C=O) groups is 8. The van der Waals surface area contributed by atoms with Gasteiger partial charge in [-0.3, -0.25) is 33.8 Å². The van der Waals surface area contributed by atoms with Crippen LogP contribution in [0, 0.1) is 0 Å². The van der Waals surface area contributed by atoms with Gasteiger partial charge in [-0.15, -0.1) is 0 Å². The standard InChI is InChI=1S/C27H41N9O8.2C2HF3O2/c28-10-2-1-4-18-24(42)34-17(5-3-11-31-27(29)30)23(41)32-14-21(38)33-20(13-22(39)40)26(44)36-19(25(43)35-18)12-15-6-8-16(37)9-7-15;2*3-2(4,5)1(6)7/h6-9,17-20,37H,1-5,10-14,28H2,(H,32,41)(H,33,38)(H,34,42)(H,35,43)(H,36,44)(H,39,40)(H4,29,30,31);2*(H,6,7)/t17-,18-,19+,20-;;/m1../s1. The summed E-state index contributed by atoms with van der Waals surface area (Å²) in [5, 5.41) is 45.6. The molecule has 15 N–H and O–H groups in total. The Labute approximate surface area is 324 Å². The predicted molar refractivity (Wildman–Crippen MR) is 185 cm³/mol. The van der Waals surface area contributed by atoms with E-state index in [0.29, 0.717) is 24.9 Å². The van der Waals surface area contributed by atoms with E-state index in [2.05, 4.69) is 31.6 Å². The van der Waals surface area contributed by atoms with Gasteiger partial charge < -0.3 is 64.2 Å². The van der Waals surface area contributed by atoms with Crippen LogP contribution in [0.1, 0.15) is 44.1 Å². The second-order valence-corrected chi connectivity index (χ2v) is 11.8. The number of aliphatic imine (C=N–C) groups is 1. The molecule has 1 aliphatic rings. The van der Waals surface area contributed by atoms with Gasteiger partial charge in [0.25, 0.3) is 0 Å². The highest BCUT2D eigenvalue weighted by Gasteiger charge is 2.39. The summed E-state index contributed by atoms with van der Waals surface area (Å²) in [6.45, 7) is -0.136. The molecule has 1 fully saturated rings. The SMILES string of the molecule is NCCCC[C@H]1NC(=O)[C@H](Cc2ccc(O)cc2)NC(=O)[C@@H](CC(=O)O)NC(=O)CNC(=O)[C@@H](CCCN=C(N)N)NC1=O.O=C(O)C(F)(F)F.O=C(O)C(F)(F)F. The van der Waals surface area contributed by atoms with Gasteiger partial charge in [-0.05, 0) is 56.3 Å². The number of hydrogen-bond acceptors (Lipinski definition) is 11. The summed E-state index contributed by atoms with van der Waals surface area (Å²) in [7, 11) is 0. The first kappa shape index (κ1) is 51.6. The number of nitrogens with two attached hydrogens (primary N) is 3. The minimum Gasteiger partial charge on any atom is -0.508 e. The zero-order valence-electron chi connectivity index (χ0n) is 30.2. The molecule has 21 nitrogen and oxygen atoms in total. The van der Waals surface area contributed by atoms with Crippen LogP contribution < -0.4 is 43.8 Å². The van der Waals surface area contributed by atoms with Crippen LogP contribution in [0.2, 0.25) is 0 Å². The molecule has 326 valence electrons. The summed E-state index contributed by atoms with van der Waals surface area (Å²) in [6, 6.07) is 0.627. The summed E-state index contributed by atoms with van der Waals surface area (Å²) in [5.41, 5.74) is 16.8. The number of nitrogens with one attached hydrogen (secondary N) is 5. The Balaban J connectivity index is 0.00000197. The minimum absolute atomic E-state index is 0.0267. The van der Waals surface area contributed by atoms with Gasteiger partial charge in [-0.25, -0.2) is 9.59 Å². The number of aliphatic carboxylic acids is 3. The van der Waals surface area contributed by atoms with Crippen molar-refractivity contribution in [1.82, 2.24) is 26.6 Å². The Bertz CT molecular complexity index is 1580. The van der Waals surface area contributed by atoms with Crippen LogP contribution in [-0.2, 0) is 44.8 Å². The number of nitrogens with zero attached hydrogens (tertiary/aromatic N) is 1. The summed E-state index contributed by atoms with van der Waals surface area (Å²) in [6.07, 6.45) is -9.58. The van der Waals surface area contributed by atoms with Crippen LogP contribution in [0.15, 0.2) is 29.3 Å². The first-order chi connectivity index (χ1) is 26.8. The highest BCUT2D eigenvalue weighted by molar-refractivity contribution is 5.98. The third-order valence-corrected chi connectivity index (χ3v) is 7.11. The highest BCUT2D eigenvalue weighted by Crippen LogP contribution is 2.15.